The molecule has 0 radical (unpaired) electrons. The van der Waals surface area contributed by atoms with Crippen LogP contribution < -0.4 is 15.2 Å². The maximum atomic E-state index is 14.0. The monoisotopic (exact) mass is 433 g/mol. The number of rotatable bonds is 2. The second-order valence-electron chi connectivity index (χ2n) is 8.80. The van der Waals surface area contributed by atoms with Gasteiger partial charge in [-0.3, -0.25) is 0 Å². The molecule has 1 aromatic carbocycles. The quantitative estimate of drug-likeness (QED) is 0.758. The SMILES string of the molecule is CC1(C)COc2c([S@@](N)(=O)=NC(=O)Nc3c4c(cc5c3C[C@H](F)C5)CCC4)cnn21. The average molecular weight is 434 g/mol. The van der Waals surface area contributed by atoms with Gasteiger partial charge in [-0.25, -0.2) is 23.2 Å². The zero-order valence-electron chi connectivity index (χ0n) is 16.9. The molecule has 0 unspecified atom stereocenters. The fourth-order valence-electron chi connectivity index (χ4n) is 4.64. The summed E-state index contributed by atoms with van der Waals surface area (Å²) in [7, 11) is -3.57. The van der Waals surface area contributed by atoms with Crippen molar-refractivity contribution in [1.29, 1.82) is 0 Å². The van der Waals surface area contributed by atoms with Gasteiger partial charge in [0, 0.05) is 18.5 Å². The highest BCUT2D eigenvalue weighted by Crippen LogP contribution is 2.40. The van der Waals surface area contributed by atoms with E-state index in [1.54, 1.807) is 4.68 Å². The Kier molecular flexibility index (Phi) is 4.24. The Hall–Kier alpha value is -2.46. The smallest absolute Gasteiger partial charge is 0.354 e. The predicted molar refractivity (Wildman–Crippen MR) is 110 cm³/mol. The molecule has 3 aliphatic rings. The molecule has 160 valence electrons. The number of ether oxygens (including phenoxy) is 1. The maximum absolute atomic E-state index is 14.0. The van der Waals surface area contributed by atoms with Gasteiger partial charge in [0.25, 0.3) is 0 Å². The van der Waals surface area contributed by atoms with Crippen molar-refractivity contribution in [2.24, 2.45) is 9.50 Å². The zero-order valence-corrected chi connectivity index (χ0v) is 17.7. The number of hydrogen-bond donors (Lipinski definition) is 2. The van der Waals surface area contributed by atoms with Crippen LogP contribution in [0.15, 0.2) is 21.5 Å². The lowest BCUT2D eigenvalue weighted by molar-refractivity contribution is 0.259. The number of nitrogens with one attached hydrogen (secondary N) is 1. The van der Waals surface area contributed by atoms with Crippen molar-refractivity contribution < 1.29 is 18.1 Å². The molecule has 1 aromatic heterocycles. The van der Waals surface area contributed by atoms with Gasteiger partial charge in [0.2, 0.25) is 5.88 Å². The first-order valence-corrected chi connectivity index (χ1v) is 11.6. The van der Waals surface area contributed by atoms with Crippen molar-refractivity contribution in [2.75, 3.05) is 11.9 Å². The van der Waals surface area contributed by atoms with E-state index in [0.29, 0.717) is 18.7 Å². The molecule has 0 saturated carbocycles. The summed E-state index contributed by atoms with van der Waals surface area (Å²) in [5.41, 5.74) is 4.10. The largest absolute Gasteiger partial charge is 0.474 e. The van der Waals surface area contributed by atoms with E-state index < -0.39 is 27.7 Å². The molecular weight excluding hydrogens is 409 g/mol. The number of amides is 2. The normalized spacial score (nSPS) is 22.6. The molecule has 2 heterocycles. The van der Waals surface area contributed by atoms with Crippen molar-refractivity contribution in [3.8, 4) is 5.88 Å². The number of nitrogens with zero attached hydrogens (tertiary/aromatic N) is 3. The summed E-state index contributed by atoms with van der Waals surface area (Å²) in [6, 6.07) is 1.25. The lowest BCUT2D eigenvalue weighted by Gasteiger charge is -2.15. The van der Waals surface area contributed by atoms with E-state index in [9.17, 15) is 13.4 Å². The molecule has 2 atom stereocenters. The summed E-state index contributed by atoms with van der Waals surface area (Å²) in [4.78, 5) is 12.8. The lowest BCUT2D eigenvalue weighted by Crippen LogP contribution is -2.26. The number of nitrogens with two attached hydrogens (primary N) is 1. The number of carbonyl (C=O) groups is 1. The van der Waals surface area contributed by atoms with Crippen molar-refractivity contribution in [3.63, 3.8) is 0 Å². The van der Waals surface area contributed by atoms with Crippen LogP contribution >= 0.6 is 0 Å². The van der Waals surface area contributed by atoms with Crippen LogP contribution in [0.5, 0.6) is 5.88 Å². The highest BCUT2D eigenvalue weighted by molar-refractivity contribution is 7.91. The summed E-state index contributed by atoms with van der Waals surface area (Å²) in [6.07, 6.45) is 3.70. The number of benzene rings is 1. The zero-order chi connectivity index (χ0) is 21.3. The molecule has 30 heavy (non-hydrogen) atoms. The van der Waals surface area contributed by atoms with Gasteiger partial charge in [0.05, 0.1) is 11.7 Å². The van der Waals surface area contributed by atoms with Crippen LogP contribution in [0, 0.1) is 0 Å². The molecule has 10 heteroatoms. The average Bonchev–Trinajstić information content (AvgIpc) is 3.39. The Morgan fingerprint density at radius 1 is 1.37 bits per heavy atom. The van der Waals surface area contributed by atoms with Crippen LogP contribution in [-0.2, 0) is 41.1 Å². The highest BCUT2D eigenvalue weighted by Gasteiger charge is 2.37. The van der Waals surface area contributed by atoms with Gasteiger partial charge in [-0.1, -0.05) is 6.07 Å². The standard InChI is InChI=1S/C20H24FN5O3S/c1-20(2)10-29-18-16(9-23-26(18)20)30(22,28)25-19(27)24-17-14-5-3-4-11(14)6-12-7-13(21)8-15(12)17/h6,9,13H,3-5,7-8,10H2,1-2H3,(H3,22,24,25,27,28)/t13-,30+/m1/s1. The minimum Gasteiger partial charge on any atom is -0.474 e. The van der Waals surface area contributed by atoms with Gasteiger partial charge >= 0.3 is 6.03 Å². The minimum absolute atomic E-state index is 0.0931. The van der Waals surface area contributed by atoms with Crippen LogP contribution in [0.3, 0.4) is 0 Å². The fraction of sp³-hybridized carbons (Fsp3) is 0.500. The van der Waals surface area contributed by atoms with E-state index in [2.05, 4.69) is 20.8 Å². The molecule has 8 nitrogen and oxygen atoms in total. The van der Waals surface area contributed by atoms with Crippen LogP contribution in [0.25, 0.3) is 0 Å². The van der Waals surface area contributed by atoms with E-state index in [1.165, 1.54) is 6.20 Å². The molecule has 2 aliphatic carbocycles. The molecule has 0 saturated heterocycles. The van der Waals surface area contributed by atoms with Gasteiger partial charge in [0.15, 0.2) is 9.92 Å². The van der Waals surface area contributed by atoms with Gasteiger partial charge in [-0.15, -0.1) is 4.36 Å². The Labute approximate surface area is 174 Å². The number of aromatic nitrogens is 2. The summed E-state index contributed by atoms with van der Waals surface area (Å²) in [6.45, 7) is 4.21. The van der Waals surface area contributed by atoms with E-state index >= 15 is 0 Å². The van der Waals surface area contributed by atoms with Crippen LogP contribution in [0.1, 0.15) is 42.5 Å². The van der Waals surface area contributed by atoms with E-state index in [0.717, 1.165) is 41.5 Å². The third kappa shape index (κ3) is 3.01. The van der Waals surface area contributed by atoms with Crippen LogP contribution in [0.4, 0.5) is 14.9 Å². The molecule has 0 spiro atoms. The maximum Gasteiger partial charge on any atom is 0.354 e. The number of hydrogen-bond acceptors (Lipinski definition) is 4. The van der Waals surface area contributed by atoms with Crippen molar-refractivity contribution in [3.05, 3.63) is 34.5 Å². The number of halogens is 1. The fourth-order valence-corrected chi connectivity index (χ4v) is 5.63. The lowest BCUT2D eigenvalue weighted by atomic mass is 9.99. The molecule has 3 N–H and O–H groups in total. The second-order valence-corrected chi connectivity index (χ2v) is 10.6. The van der Waals surface area contributed by atoms with Crippen molar-refractivity contribution >= 4 is 21.6 Å². The first-order valence-electron chi connectivity index (χ1n) is 10.0. The van der Waals surface area contributed by atoms with E-state index in [1.807, 2.05) is 13.8 Å². The number of fused-ring (bicyclic) bond motifs is 3. The van der Waals surface area contributed by atoms with Crippen LogP contribution in [0.2, 0.25) is 0 Å². The molecule has 2 amide bonds. The number of urea groups is 1. The van der Waals surface area contributed by atoms with Crippen molar-refractivity contribution in [2.45, 2.75) is 62.6 Å². The third-order valence-corrected chi connectivity index (χ3v) is 7.41. The Balaban J connectivity index is 1.49. The summed E-state index contributed by atoms with van der Waals surface area (Å²) >= 11 is 0. The van der Waals surface area contributed by atoms with Crippen LogP contribution in [-0.4, -0.2) is 32.8 Å². The first kappa shape index (κ1) is 19.5. The second kappa shape index (κ2) is 6.52. The van der Waals surface area contributed by atoms with E-state index in [4.69, 9.17) is 9.88 Å². The van der Waals surface area contributed by atoms with E-state index in [-0.39, 0.29) is 17.2 Å². The van der Waals surface area contributed by atoms with Gasteiger partial charge in [-0.05, 0) is 55.4 Å². The van der Waals surface area contributed by atoms with Gasteiger partial charge < -0.3 is 10.1 Å². The molecule has 5 rings (SSSR count). The summed E-state index contributed by atoms with van der Waals surface area (Å²) in [5.74, 6) is 0.269. The molecule has 2 aromatic rings. The Morgan fingerprint density at radius 2 is 2.17 bits per heavy atom. The third-order valence-electron chi connectivity index (χ3n) is 6.06. The first-order chi connectivity index (χ1) is 14.2. The molecule has 0 bridgehead atoms. The van der Waals surface area contributed by atoms with Crippen molar-refractivity contribution in [1.82, 2.24) is 9.78 Å². The topological polar surface area (TPSA) is 112 Å². The molecule has 1 aliphatic heterocycles. The molecular formula is C20H24FN5O3S. The Bertz CT molecular complexity index is 1200. The van der Waals surface area contributed by atoms with Gasteiger partial charge in [-0.2, -0.15) is 5.10 Å². The minimum atomic E-state index is -3.57. The summed E-state index contributed by atoms with van der Waals surface area (Å²) in [5, 5.41) is 12.9. The van der Waals surface area contributed by atoms with Gasteiger partial charge in [0.1, 0.15) is 17.7 Å². The number of anilines is 1. The number of aryl methyl sites for hydroxylation is 1. The number of carbonyl (C=O) groups excluding carboxylic acids is 1. The summed E-state index contributed by atoms with van der Waals surface area (Å²) < 4.78 is 38.1. The molecule has 0 fully saturated rings. The highest BCUT2D eigenvalue weighted by atomic mass is 32.2. The Morgan fingerprint density at radius 3 is 2.97 bits per heavy atom. The predicted octanol–water partition coefficient (Wildman–Crippen LogP) is 2.87. The number of alkyl halides is 1.